The fourth-order valence-electron chi connectivity index (χ4n) is 1.63. The molecule has 0 radical (unpaired) electrons. The van der Waals surface area contributed by atoms with Crippen LogP contribution >= 0.6 is 23.8 Å². The van der Waals surface area contributed by atoms with Gasteiger partial charge in [0.1, 0.15) is 5.69 Å². The lowest BCUT2D eigenvalue weighted by Gasteiger charge is -2.01. The smallest absolute Gasteiger partial charge is 0.303 e. The van der Waals surface area contributed by atoms with Gasteiger partial charge in [-0.3, -0.25) is 14.7 Å². The Balaban J connectivity index is 2.34. The van der Waals surface area contributed by atoms with Crippen molar-refractivity contribution in [3.05, 3.63) is 55.7 Å². The average Bonchev–Trinajstić information content (AvgIpc) is 2.46. The Hall–Kier alpha value is -2.32. The second-order valence-corrected chi connectivity index (χ2v) is 5.11. The van der Waals surface area contributed by atoms with Crippen molar-refractivity contribution >= 4 is 36.0 Å². The van der Waals surface area contributed by atoms with E-state index < -0.39 is 11.5 Å². The normalized spacial score (nSPS) is 11.0. The van der Waals surface area contributed by atoms with Crippen LogP contribution in [-0.4, -0.2) is 32.2 Å². The highest BCUT2D eigenvalue weighted by Gasteiger charge is 2.08. The molecule has 2 aromatic rings. The number of aromatic nitrogens is 3. The predicted molar refractivity (Wildman–Crippen MR) is 84.1 cm³/mol. The van der Waals surface area contributed by atoms with Crippen LogP contribution in [0.25, 0.3) is 0 Å². The fraction of sp³-hybridized carbons (Fsp3) is 0.154. The van der Waals surface area contributed by atoms with E-state index in [0.29, 0.717) is 10.6 Å². The molecule has 1 aromatic heterocycles. The largest absolute Gasteiger partial charge is 0.481 e. The maximum atomic E-state index is 12.2. The molecule has 1 heterocycles. The van der Waals surface area contributed by atoms with Gasteiger partial charge in [0.15, 0.2) is 0 Å². The molecular weight excluding hydrogens is 328 g/mol. The van der Waals surface area contributed by atoms with Crippen molar-refractivity contribution in [2.75, 3.05) is 0 Å². The van der Waals surface area contributed by atoms with E-state index in [9.17, 15) is 9.59 Å². The van der Waals surface area contributed by atoms with E-state index in [0.717, 1.165) is 4.68 Å². The van der Waals surface area contributed by atoms with Gasteiger partial charge in [0, 0.05) is 11.4 Å². The summed E-state index contributed by atoms with van der Waals surface area (Å²) in [5.74, 6) is -1.02. The van der Waals surface area contributed by atoms with Gasteiger partial charge in [-0.15, -0.1) is 0 Å². The minimum atomic E-state index is -1.02. The number of halogens is 1. The standard InChI is InChI=1S/C13H11ClN4O3S/c14-9-3-1-2-8(6-9)7-15-18-12(21)10(4-5-11(19)20)16-17-13(18)22/h1-3,6-7H,4-5H2,(H,17,22)(H,19,20)/b15-7-. The first kappa shape index (κ1) is 16.1. The Kier molecular flexibility index (Phi) is 5.18. The highest BCUT2D eigenvalue weighted by Crippen LogP contribution is 2.08. The molecule has 2 rings (SSSR count). The fourth-order valence-corrected chi connectivity index (χ4v) is 2.00. The van der Waals surface area contributed by atoms with Crippen molar-refractivity contribution in [2.24, 2.45) is 5.10 Å². The van der Waals surface area contributed by atoms with E-state index in [2.05, 4.69) is 15.3 Å². The Bertz CT molecular complexity index is 844. The van der Waals surface area contributed by atoms with Gasteiger partial charge in [-0.1, -0.05) is 23.7 Å². The zero-order valence-electron chi connectivity index (χ0n) is 11.2. The van der Waals surface area contributed by atoms with Gasteiger partial charge < -0.3 is 5.11 Å². The number of carboxylic acid groups (broad SMARTS) is 1. The summed E-state index contributed by atoms with van der Waals surface area (Å²) >= 11 is 10.8. The number of H-pyrrole nitrogens is 1. The lowest BCUT2D eigenvalue weighted by molar-refractivity contribution is -0.136. The minimum Gasteiger partial charge on any atom is -0.481 e. The number of hydrogen-bond acceptors (Lipinski definition) is 5. The van der Waals surface area contributed by atoms with Crippen molar-refractivity contribution in [3.8, 4) is 0 Å². The lowest BCUT2D eigenvalue weighted by Crippen LogP contribution is -2.25. The van der Waals surface area contributed by atoms with Crippen LogP contribution in [-0.2, 0) is 11.2 Å². The molecule has 7 nitrogen and oxygen atoms in total. The highest BCUT2D eigenvalue weighted by molar-refractivity contribution is 7.71. The minimum absolute atomic E-state index is 0.00698. The van der Waals surface area contributed by atoms with Crippen LogP contribution in [0, 0.1) is 4.77 Å². The summed E-state index contributed by atoms with van der Waals surface area (Å²) in [6, 6.07) is 6.90. The number of aliphatic carboxylic acids is 1. The summed E-state index contributed by atoms with van der Waals surface area (Å²) < 4.78 is 0.975. The van der Waals surface area contributed by atoms with Crippen LogP contribution in [0.2, 0.25) is 5.02 Å². The number of nitrogens with zero attached hydrogens (tertiary/aromatic N) is 3. The molecule has 0 saturated heterocycles. The third kappa shape index (κ3) is 4.09. The van der Waals surface area contributed by atoms with E-state index in [1.54, 1.807) is 24.3 Å². The van der Waals surface area contributed by atoms with Crippen molar-refractivity contribution in [1.82, 2.24) is 14.9 Å². The summed E-state index contributed by atoms with van der Waals surface area (Å²) in [5.41, 5.74) is 0.195. The molecule has 0 unspecified atom stereocenters. The molecule has 0 fully saturated rings. The van der Waals surface area contributed by atoms with Crippen LogP contribution in [0.3, 0.4) is 0 Å². The molecule has 0 bridgehead atoms. The van der Waals surface area contributed by atoms with Gasteiger partial charge >= 0.3 is 5.97 Å². The van der Waals surface area contributed by atoms with Gasteiger partial charge in [-0.25, -0.2) is 0 Å². The number of aryl methyl sites for hydroxylation is 1. The van der Waals surface area contributed by atoms with Crippen LogP contribution in [0.1, 0.15) is 17.7 Å². The molecule has 0 amide bonds. The zero-order valence-corrected chi connectivity index (χ0v) is 12.8. The zero-order chi connectivity index (χ0) is 16.1. The second-order valence-electron chi connectivity index (χ2n) is 4.29. The quantitative estimate of drug-likeness (QED) is 0.640. The monoisotopic (exact) mass is 338 g/mol. The van der Waals surface area contributed by atoms with Crippen molar-refractivity contribution < 1.29 is 9.90 Å². The molecule has 9 heteroatoms. The van der Waals surface area contributed by atoms with E-state index in [1.165, 1.54) is 6.21 Å². The summed E-state index contributed by atoms with van der Waals surface area (Å²) in [7, 11) is 0. The SMILES string of the molecule is O=C(O)CCc1n[nH]c(=S)n(/N=C\c2cccc(Cl)c2)c1=O. The summed E-state index contributed by atoms with van der Waals surface area (Å²) in [6.07, 6.45) is 1.22. The van der Waals surface area contributed by atoms with Crippen LogP contribution in [0.5, 0.6) is 0 Å². The molecule has 0 saturated carbocycles. The molecule has 0 aliphatic heterocycles. The number of aromatic amines is 1. The van der Waals surface area contributed by atoms with E-state index in [4.69, 9.17) is 28.9 Å². The number of carbonyl (C=O) groups is 1. The Morgan fingerprint density at radius 2 is 2.32 bits per heavy atom. The molecule has 0 atom stereocenters. The summed E-state index contributed by atoms with van der Waals surface area (Å²) in [6.45, 7) is 0. The second kappa shape index (κ2) is 7.10. The van der Waals surface area contributed by atoms with Crippen LogP contribution < -0.4 is 5.56 Å². The molecule has 0 aliphatic rings. The summed E-state index contributed by atoms with van der Waals surface area (Å²) in [5, 5.41) is 19.4. The van der Waals surface area contributed by atoms with Gasteiger partial charge in [-0.05, 0) is 29.9 Å². The summed E-state index contributed by atoms with van der Waals surface area (Å²) in [4.78, 5) is 22.7. The van der Waals surface area contributed by atoms with Gasteiger partial charge in [-0.2, -0.15) is 14.9 Å². The number of nitrogens with one attached hydrogen (secondary N) is 1. The van der Waals surface area contributed by atoms with E-state index in [1.807, 2.05) is 0 Å². The average molecular weight is 339 g/mol. The Morgan fingerprint density at radius 1 is 1.55 bits per heavy atom. The number of hydrogen-bond donors (Lipinski definition) is 2. The third-order valence-corrected chi connectivity index (χ3v) is 3.16. The number of rotatable bonds is 5. The molecule has 1 aromatic carbocycles. The maximum absolute atomic E-state index is 12.2. The predicted octanol–water partition coefficient (Wildman–Crippen LogP) is 1.85. The molecule has 0 spiro atoms. The first-order chi connectivity index (χ1) is 10.5. The topological polar surface area (TPSA) is 100 Å². The molecular formula is C13H11ClN4O3S. The van der Waals surface area contributed by atoms with Gasteiger partial charge in [0.2, 0.25) is 4.77 Å². The molecule has 22 heavy (non-hydrogen) atoms. The van der Waals surface area contributed by atoms with Crippen LogP contribution in [0.15, 0.2) is 34.2 Å². The van der Waals surface area contributed by atoms with E-state index >= 15 is 0 Å². The van der Waals surface area contributed by atoms with Crippen LogP contribution in [0.4, 0.5) is 0 Å². The third-order valence-electron chi connectivity index (χ3n) is 2.66. The highest BCUT2D eigenvalue weighted by atomic mass is 35.5. The van der Waals surface area contributed by atoms with Gasteiger partial charge in [0.05, 0.1) is 12.6 Å². The molecule has 114 valence electrons. The Labute approximate surface area is 134 Å². The van der Waals surface area contributed by atoms with E-state index in [-0.39, 0.29) is 23.3 Å². The first-order valence-electron chi connectivity index (χ1n) is 6.19. The number of carboxylic acids is 1. The van der Waals surface area contributed by atoms with Gasteiger partial charge in [0.25, 0.3) is 5.56 Å². The molecule has 0 aliphatic carbocycles. The number of benzene rings is 1. The van der Waals surface area contributed by atoms with Crippen molar-refractivity contribution in [2.45, 2.75) is 12.8 Å². The molecule has 2 N–H and O–H groups in total. The van der Waals surface area contributed by atoms with Crippen molar-refractivity contribution in [1.29, 1.82) is 0 Å². The maximum Gasteiger partial charge on any atom is 0.303 e. The van der Waals surface area contributed by atoms with Crippen molar-refractivity contribution in [3.63, 3.8) is 0 Å². The Morgan fingerprint density at radius 3 is 3.00 bits per heavy atom. The lowest BCUT2D eigenvalue weighted by atomic mass is 10.2. The first-order valence-corrected chi connectivity index (χ1v) is 6.98.